The number of ether oxygens (including phenoxy) is 4. The zero-order chi connectivity index (χ0) is 55.8. The zero-order valence-electron chi connectivity index (χ0n) is 39.4. The Morgan fingerprint density at radius 1 is 0.615 bits per heavy atom. The van der Waals surface area contributed by atoms with Gasteiger partial charge in [-0.25, -0.2) is 47.9 Å². The molecule has 78 heavy (non-hydrogen) atoms. The maximum atomic E-state index is 15.3. The highest BCUT2D eigenvalue weighted by Gasteiger charge is 2.52. The van der Waals surface area contributed by atoms with Gasteiger partial charge in [-0.1, -0.05) is 24.3 Å². The Morgan fingerprint density at radius 2 is 0.987 bits per heavy atom. The van der Waals surface area contributed by atoms with E-state index in [9.17, 15) is 39.6 Å². The molecular weight excluding hydrogens is 1120 g/mol. The van der Waals surface area contributed by atoms with Crippen LogP contribution >= 0.6 is 45.9 Å². The lowest BCUT2D eigenvalue weighted by molar-refractivity contribution is -0.177. The highest BCUT2D eigenvalue weighted by molar-refractivity contribution is 7.07. The van der Waals surface area contributed by atoms with Crippen LogP contribution in [0.5, 0.6) is 0 Å². The van der Waals surface area contributed by atoms with Gasteiger partial charge in [0.1, 0.15) is 35.4 Å². The van der Waals surface area contributed by atoms with Crippen molar-refractivity contribution >= 4 is 104 Å². The van der Waals surface area contributed by atoms with E-state index < -0.39 is 97.5 Å². The van der Waals surface area contributed by atoms with Gasteiger partial charge < -0.3 is 61.1 Å². The summed E-state index contributed by atoms with van der Waals surface area (Å²) in [6.07, 6.45) is -10.7. The average Bonchev–Trinajstić information content (AvgIpc) is 4.32. The maximum Gasteiger partial charge on any atom is 0.342 e. The first-order chi connectivity index (χ1) is 37.2. The lowest BCUT2D eigenvalue weighted by atomic mass is 9.91. The van der Waals surface area contributed by atoms with Crippen molar-refractivity contribution in [2.24, 2.45) is 0 Å². The molecular formula is C46H40Cl2F2N12O14S2. The number of nitrogens with two attached hydrogens (primary N) is 2. The number of aliphatic carboxylic acids is 2. The molecule has 32 heteroatoms. The molecule has 10 N–H and O–H groups in total. The van der Waals surface area contributed by atoms with Gasteiger partial charge in [0, 0.05) is 23.6 Å². The van der Waals surface area contributed by atoms with Crippen molar-refractivity contribution in [3.05, 3.63) is 127 Å². The second-order valence-corrected chi connectivity index (χ2v) is 19.5. The topological polar surface area (TPSA) is 392 Å². The number of carboxylic acid groups (broad SMARTS) is 4. The summed E-state index contributed by atoms with van der Waals surface area (Å²) in [7, 11) is 0. The molecule has 10 atom stereocenters. The molecule has 408 valence electrons. The van der Waals surface area contributed by atoms with E-state index >= 15 is 8.78 Å². The van der Waals surface area contributed by atoms with Gasteiger partial charge in [-0.05, 0) is 58.6 Å². The lowest BCUT2D eigenvalue weighted by Crippen LogP contribution is -2.44. The van der Waals surface area contributed by atoms with Gasteiger partial charge in [0.2, 0.25) is 21.8 Å². The van der Waals surface area contributed by atoms with E-state index in [0.717, 1.165) is 22.7 Å². The number of benzene rings is 2. The molecule has 0 radical (unpaired) electrons. The molecule has 10 rings (SSSR count). The zero-order valence-corrected chi connectivity index (χ0v) is 42.6. The van der Waals surface area contributed by atoms with E-state index in [4.69, 9.17) is 63.8 Å². The molecule has 26 nitrogen and oxygen atoms in total. The highest BCUT2D eigenvalue weighted by Crippen LogP contribution is 2.40. The van der Waals surface area contributed by atoms with Crippen molar-refractivity contribution in [1.82, 2.24) is 49.0 Å². The summed E-state index contributed by atoms with van der Waals surface area (Å²) < 4.78 is 56.3. The van der Waals surface area contributed by atoms with Crippen LogP contribution in [0, 0.1) is 0 Å². The highest BCUT2D eigenvalue weighted by atomic mass is 35.5. The molecule has 8 heterocycles. The fourth-order valence-electron chi connectivity index (χ4n) is 8.63. The predicted molar refractivity (Wildman–Crippen MR) is 268 cm³/mol. The minimum absolute atomic E-state index is 0.0246. The third-order valence-corrected chi connectivity index (χ3v) is 14.2. The summed E-state index contributed by atoms with van der Waals surface area (Å²) in [6, 6.07) is 11.2. The smallest absolute Gasteiger partial charge is 0.342 e. The number of alkyl halides is 2. The number of carboxylic acids is 4. The van der Waals surface area contributed by atoms with Crippen LogP contribution in [0.4, 0.5) is 20.4 Å². The van der Waals surface area contributed by atoms with Gasteiger partial charge in [0.25, 0.3) is 0 Å². The Bertz CT molecular complexity index is 3270. The number of aromatic carboxylic acids is 2. The molecule has 0 aliphatic carbocycles. The number of aliphatic hydroxyl groups is 2. The van der Waals surface area contributed by atoms with Crippen LogP contribution in [-0.2, 0) is 52.6 Å². The number of imidazole rings is 2. The molecule has 2 aliphatic rings. The molecule has 2 saturated heterocycles. The second-order valence-electron chi connectivity index (χ2n) is 17.4. The van der Waals surface area contributed by atoms with Crippen LogP contribution in [-0.4, -0.2) is 153 Å². The monoisotopic (exact) mass is 1160 g/mol. The van der Waals surface area contributed by atoms with Crippen molar-refractivity contribution in [1.29, 1.82) is 0 Å². The number of thiazole rings is 2. The summed E-state index contributed by atoms with van der Waals surface area (Å²) in [5, 5.41) is 62.7. The normalized spacial score (nSPS) is 22.6. The van der Waals surface area contributed by atoms with E-state index in [1.807, 2.05) is 0 Å². The largest absolute Gasteiger partial charge is 0.479 e. The number of nitrogens with zero attached hydrogens (tertiary/aromatic N) is 10. The number of hydrogen-bond acceptors (Lipinski definition) is 22. The Morgan fingerprint density at radius 3 is 1.31 bits per heavy atom. The molecule has 0 amide bonds. The van der Waals surface area contributed by atoms with E-state index in [1.165, 1.54) is 92.1 Å². The van der Waals surface area contributed by atoms with Crippen LogP contribution in [0.15, 0.2) is 83.0 Å². The summed E-state index contributed by atoms with van der Waals surface area (Å²) in [4.78, 5) is 79.7. The van der Waals surface area contributed by atoms with Gasteiger partial charge >= 0.3 is 23.9 Å². The van der Waals surface area contributed by atoms with Crippen molar-refractivity contribution in [3.8, 4) is 0 Å². The first-order valence-corrected chi connectivity index (χ1v) is 25.3. The van der Waals surface area contributed by atoms with Gasteiger partial charge in [-0.2, -0.15) is 19.9 Å². The Kier molecular flexibility index (Phi) is 15.9. The SMILES string of the molecule is Nc1nc(Cl)nc2c1ncn2[C@@H]1O[C@H](CO[C@@](Cc2ccc(C(=O)O)cc2)(C(=O)O)c2cscn2)[C@@H](O)[C@@H]1F.Nc1nc(Cl)nc2c1ncn2[C@@H]1O[C@H](CO[C@](Cc2ccc(C(=O)O)cc2)(C(=O)O)c2cscn2)[C@@H](O)[C@@H]1F. The lowest BCUT2D eigenvalue weighted by Gasteiger charge is -2.30. The number of nitrogen functional groups attached to an aromatic ring is 2. The maximum absolute atomic E-state index is 15.3. The standard InChI is InChI=1S/2C23H20ClFN6O7S/c2*24-22-29-17(26)15-18(30-22)31(8-27-15)19-14(25)16(32)12(38-19)6-37-23(21(35)36,13-7-39-9-28-13)5-10-1-3-11(4-2-10)20(33)34/h2*1-4,7-9,12,14,16,19,32H,5-6H2,(H,33,34)(H,35,36)(H2,26,29,30)/t12-,14+,16-,19-,23+;12-,14+,16-,19-,23-/m11/s1. The number of rotatable bonds is 18. The third-order valence-electron chi connectivity index (χ3n) is 12.7. The number of aliphatic hydroxyl groups excluding tert-OH is 2. The summed E-state index contributed by atoms with van der Waals surface area (Å²) in [6.45, 7) is -1.06. The summed E-state index contributed by atoms with van der Waals surface area (Å²) >= 11 is 14.1. The number of fused-ring (bicyclic) bond motifs is 2. The number of anilines is 2. The molecule has 0 spiro atoms. The molecule has 2 aliphatic heterocycles. The summed E-state index contributed by atoms with van der Waals surface area (Å²) in [5.74, 6) is -5.09. The van der Waals surface area contributed by atoms with E-state index in [1.54, 1.807) is 0 Å². The minimum Gasteiger partial charge on any atom is -0.479 e. The first-order valence-electron chi connectivity index (χ1n) is 22.6. The van der Waals surface area contributed by atoms with Crippen LogP contribution < -0.4 is 11.5 Å². The van der Waals surface area contributed by atoms with Crippen molar-refractivity contribution in [3.63, 3.8) is 0 Å². The molecule has 8 aromatic rings. The molecule has 0 saturated carbocycles. The van der Waals surface area contributed by atoms with Crippen LogP contribution in [0.3, 0.4) is 0 Å². The number of halogens is 4. The van der Waals surface area contributed by atoms with Crippen molar-refractivity contribution in [2.75, 3.05) is 24.7 Å². The molecule has 0 unspecified atom stereocenters. The second kappa shape index (κ2) is 22.4. The average molecular weight is 1160 g/mol. The van der Waals surface area contributed by atoms with Crippen molar-refractivity contribution < 1.29 is 77.5 Å². The number of hydrogen-bond donors (Lipinski definition) is 8. The fourth-order valence-corrected chi connectivity index (χ4v) is 10.2. The van der Waals surface area contributed by atoms with Gasteiger partial charge in [0.05, 0.1) is 59.4 Å². The molecule has 2 aromatic carbocycles. The number of aromatic nitrogens is 10. The third kappa shape index (κ3) is 10.7. The Labute approximate surface area is 453 Å². The molecule has 2 fully saturated rings. The first kappa shape index (κ1) is 55.2. The Hall–Kier alpha value is -7.52. The van der Waals surface area contributed by atoms with Crippen LogP contribution in [0.25, 0.3) is 22.3 Å². The van der Waals surface area contributed by atoms with E-state index in [2.05, 4.69) is 39.9 Å². The fraction of sp³-hybridized carbons (Fsp3) is 0.304. The van der Waals surface area contributed by atoms with Gasteiger partial charge in [0.15, 0.2) is 47.7 Å². The predicted octanol–water partition coefficient (Wildman–Crippen LogP) is 4.10. The number of carbonyl (C=O) groups is 4. The Balaban J connectivity index is 0.000000190. The van der Waals surface area contributed by atoms with E-state index in [0.29, 0.717) is 11.1 Å². The minimum atomic E-state index is -2.05. The molecule has 6 aromatic heterocycles. The van der Waals surface area contributed by atoms with E-state index in [-0.39, 0.29) is 79.9 Å². The van der Waals surface area contributed by atoms with Crippen molar-refractivity contribution in [2.45, 2.75) is 73.3 Å². The van der Waals surface area contributed by atoms with Gasteiger partial charge in [-0.3, -0.25) is 9.13 Å². The summed E-state index contributed by atoms with van der Waals surface area (Å²) in [5.41, 5.74) is 12.0. The van der Waals surface area contributed by atoms with Crippen LogP contribution in [0.1, 0.15) is 55.7 Å². The van der Waals surface area contributed by atoms with Gasteiger partial charge in [-0.15, -0.1) is 22.7 Å². The quantitative estimate of drug-likeness (QED) is 0.0560. The molecule has 0 bridgehead atoms. The van der Waals surface area contributed by atoms with Crippen LogP contribution in [0.2, 0.25) is 10.6 Å².